The summed E-state index contributed by atoms with van der Waals surface area (Å²) in [6.07, 6.45) is 3.07. The maximum atomic E-state index is 12.8. The lowest BCUT2D eigenvalue weighted by molar-refractivity contribution is 0.0940. The molecule has 0 aliphatic rings. The third-order valence-electron chi connectivity index (χ3n) is 4.85. The Labute approximate surface area is 186 Å². The van der Waals surface area contributed by atoms with Crippen LogP contribution in [0.1, 0.15) is 28.9 Å². The summed E-state index contributed by atoms with van der Waals surface area (Å²) in [5.41, 5.74) is 2.45. The van der Waals surface area contributed by atoms with E-state index in [1.54, 1.807) is 47.4 Å². The zero-order chi connectivity index (χ0) is 22.6. The van der Waals surface area contributed by atoms with Gasteiger partial charge in [-0.15, -0.1) is 0 Å². The van der Waals surface area contributed by atoms with Gasteiger partial charge in [0.15, 0.2) is 0 Å². The van der Waals surface area contributed by atoms with E-state index in [2.05, 4.69) is 20.1 Å². The van der Waals surface area contributed by atoms with E-state index >= 15 is 0 Å². The fourth-order valence-electron chi connectivity index (χ4n) is 3.16. The van der Waals surface area contributed by atoms with Crippen molar-refractivity contribution in [2.75, 3.05) is 4.72 Å². The highest BCUT2D eigenvalue weighted by atomic mass is 32.2. The van der Waals surface area contributed by atoms with E-state index in [-0.39, 0.29) is 16.8 Å². The molecule has 4 aromatic rings. The van der Waals surface area contributed by atoms with Crippen LogP contribution in [-0.4, -0.2) is 29.1 Å². The Morgan fingerprint density at radius 3 is 2.41 bits per heavy atom. The third kappa shape index (κ3) is 4.84. The Morgan fingerprint density at radius 1 is 0.969 bits per heavy atom. The van der Waals surface area contributed by atoms with Crippen molar-refractivity contribution in [2.24, 2.45) is 0 Å². The van der Waals surface area contributed by atoms with Gasteiger partial charge in [-0.05, 0) is 55.0 Å². The van der Waals surface area contributed by atoms with E-state index < -0.39 is 10.0 Å². The summed E-state index contributed by atoms with van der Waals surface area (Å²) in [5.74, 6) is -0.307. The molecule has 1 aromatic heterocycles. The van der Waals surface area contributed by atoms with E-state index in [0.29, 0.717) is 11.3 Å². The van der Waals surface area contributed by atoms with E-state index in [0.717, 1.165) is 11.3 Å². The van der Waals surface area contributed by atoms with Gasteiger partial charge in [-0.2, -0.15) is 5.10 Å². The highest BCUT2D eigenvalue weighted by Crippen LogP contribution is 2.19. The van der Waals surface area contributed by atoms with Gasteiger partial charge in [0, 0.05) is 11.3 Å². The Bertz CT molecular complexity index is 1310. The summed E-state index contributed by atoms with van der Waals surface area (Å²) in [7, 11) is -3.74. The minimum atomic E-state index is -3.74. The molecule has 4 rings (SSSR count). The largest absolute Gasteiger partial charge is 0.346 e. The molecule has 0 aliphatic heterocycles. The average Bonchev–Trinajstić information content (AvgIpc) is 3.35. The first-order valence-electron chi connectivity index (χ1n) is 9.86. The van der Waals surface area contributed by atoms with E-state index in [1.165, 1.54) is 24.5 Å². The molecule has 0 saturated carbocycles. The molecule has 0 bridgehead atoms. The molecule has 0 fully saturated rings. The Hall–Kier alpha value is -3.98. The molecule has 2 N–H and O–H groups in total. The molecule has 0 radical (unpaired) electrons. The van der Waals surface area contributed by atoms with Crippen LogP contribution in [0.2, 0.25) is 0 Å². The van der Waals surface area contributed by atoms with Gasteiger partial charge in [-0.3, -0.25) is 9.52 Å². The summed E-state index contributed by atoms with van der Waals surface area (Å²) in [6, 6.07) is 21.8. The summed E-state index contributed by atoms with van der Waals surface area (Å²) in [4.78, 5) is 16.8. The first-order chi connectivity index (χ1) is 15.4. The fraction of sp³-hybridized carbons (Fsp3) is 0.0870. The molecule has 0 saturated heterocycles. The fourth-order valence-corrected chi connectivity index (χ4v) is 4.23. The van der Waals surface area contributed by atoms with Crippen LogP contribution >= 0.6 is 0 Å². The van der Waals surface area contributed by atoms with Crippen molar-refractivity contribution in [3.63, 3.8) is 0 Å². The highest BCUT2D eigenvalue weighted by molar-refractivity contribution is 7.92. The lowest BCUT2D eigenvalue weighted by Crippen LogP contribution is -2.26. The van der Waals surface area contributed by atoms with Gasteiger partial charge in [-0.25, -0.2) is 18.1 Å². The van der Waals surface area contributed by atoms with Crippen molar-refractivity contribution in [3.8, 4) is 5.69 Å². The van der Waals surface area contributed by atoms with Crippen molar-refractivity contribution >= 4 is 21.6 Å². The molecular formula is C23H21N5O3S. The minimum Gasteiger partial charge on any atom is -0.346 e. The van der Waals surface area contributed by atoms with Gasteiger partial charge in [-0.1, -0.05) is 36.4 Å². The maximum absolute atomic E-state index is 12.8. The van der Waals surface area contributed by atoms with Gasteiger partial charge < -0.3 is 5.32 Å². The first kappa shape index (κ1) is 21.3. The number of sulfonamides is 1. The molecule has 1 amide bonds. The van der Waals surface area contributed by atoms with Crippen molar-refractivity contribution in [2.45, 2.75) is 17.9 Å². The summed E-state index contributed by atoms with van der Waals surface area (Å²) in [6.45, 7) is 1.88. The quantitative estimate of drug-likeness (QED) is 0.451. The number of amides is 1. The molecule has 0 unspecified atom stereocenters. The Morgan fingerprint density at radius 2 is 1.72 bits per heavy atom. The van der Waals surface area contributed by atoms with Crippen LogP contribution in [-0.2, 0) is 10.0 Å². The van der Waals surface area contributed by atoms with Gasteiger partial charge in [0.25, 0.3) is 15.9 Å². The third-order valence-corrected chi connectivity index (χ3v) is 6.25. The molecule has 1 heterocycles. The molecule has 0 aliphatic carbocycles. The summed E-state index contributed by atoms with van der Waals surface area (Å²) in [5, 5.41) is 7.03. The normalized spacial score (nSPS) is 12.2. The number of hydrogen-bond acceptors (Lipinski definition) is 5. The predicted octanol–water partition coefficient (Wildman–Crippen LogP) is 3.56. The molecule has 162 valence electrons. The van der Waals surface area contributed by atoms with E-state index in [1.807, 2.05) is 31.2 Å². The van der Waals surface area contributed by atoms with Crippen LogP contribution in [0, 0.1) is 0 Å². The summed E-state index contributed by atoms with van der Waals surface area (Å²) < 4.78 is 29.2. The van der Waals surface area contributed by atoms with Crippen LogP contribution < -0.4 is 10.0 Å². The number of carbonyl (C=O) groups excluding carboxylic acids is 1. The van der Waals surface area contributed by atoms with Gasteiger partial charge in [0.2, 0.25) is 0 Å². The number of aromatic nitrogens is 3. The van der Waals surface area contributed by atoms with E-state index in [4.69, 9.17) is 0 Å². The standard InChI is InChI=1S/C23H21N5O3S/c1-17(18-10-12-21(13-11-18)28-16-24-15-25-28)26-23(29)19-6-5-7-20(14-19)27-32(30,31)22-8-3-2-4-9-22/h2-17,27H,1H3,(H,26,29)/t17-/m0/s1. The molecule has 32 heavy (non-hydrogen) atoms. The number of benzene rings is 3. The van der Waals surface area contributed by atoms with Crippen LogP contribution in [0.15, 0.2) is 96.4 Å². The number of nitrogens with one attached hydrogen (secondary N) is 2. The van der Waals surface area contributed by atoms with Crippen molar-refractivity contribution in [3.05, 3.63) is 103 Å². The van der Waals surface area contributed by atoms with Crippen LogP contribution in [0.4, 0.5) is 5.69 Å². The smallest absolute Gasteiger partial charge is 0.261 e. The maximum Gasteiger partial charge on any atom is 0.261 e. The predicted molar refractivity (Wildman–Crippen MR) is 121 cm³/mol. The lowest BCUT2D eigenvalue weighted by atomic mass is 10.1. The zero-order valence-corrected chi connectivity index (χ0v) is 18.0. The monoisotopic (exact) mass is 447 g/mol. The topological polar surface area (TPSA) is 106 Å². The first-order valence-corrected chi connectivity index (χ1v) is 11.3. The highest BCUT2D eigenvalue weighted by Gasteiger charge is 2.16. The van der Waals surface area contributed by atoms with E-state index in [9.17, 15) is 13.2 Å². The van der Waals surface area contributed by atoms with Crippen LogP contribution in [0.5, 0.6) is 0 Å². The number of anilines is 1. The minimum absolute atomic E-state index is 0.151. The number of hydrogen-bond donors (Lipinski definition) is 2. The average molecular weight is 448 g/mol. The number of carbonyl (C=O) groups is 1. The van der Waals surface area contributed by atoms with Crippen molar-refractivity contribution in [1.82, 2.24) is 20.1 Å². The van der Waals surface area contributed by atoms with Crippen molar-refractivity contribution < 1.29 is 13.2 Å². The molecule has 9 heteroatoms. The van der Waals surface area contributed by atoms with Gasteiger partial charge >= 0.3 is 0 Å². The second kappa shape index (κ2) is 9.03. The second-order valence-corrected chi connectivity index (χ2v) is 8.81. The number of rotatable bonds is 7. The molecular weight excluding hydrogens is 426 g/mol. The lowest BCUT2D eigenvalue weighted by Gasteiger charge is -2.15. The Kier molecular flexibility index (Phi) is 6.00. The number of nitrogens with zero attached hydrogens (tertiary/aromatic N) is 3. The molecule has 1 atom stereocenters. The SMILES string of the molecule is C[C@H](NC(=O)c1cccc(NS(=O)(=O)c2ccccc2)c1)c1ccc(-n2cncn2)cc1. The van der Waals surface area contributed by atoms with Crippen LogP contribution in [0.3, 0.4) is 0 Å². The van der Waals surface area contributed by atoms with Gasteiger partial charge in [0.1, 0.15) is 12.7 Å². The molecule has 8 nitrogen and oxygen atoms in total. The Balaban J connectivity index is 1.44. The van der Waals surface area contributed by atoms with Crippen LogP contribution in [0.25, 0.3) is 5.69 Å². The van der Waals surface area contributed by atoms with Crippen molar-refractivity contribution in [1.29, 1.82) is 0 Å². The second-order valence-electron chi connectivity index (χ2n) is 7.13. The molecule has 3 aromatic carbocycles. The zero-order valence-electron chi connectivity index (χ0n) is 17.2. The van der Waals surface area contributed by atoms with Gasteiger partial charge in [0.05, 0.1) is 16.6 Å². The molecule has 0 spiro atoms. The summed E-state index contributed by atoms with van der Waals surface area (Å²) >= 11 is 0.